The lowest BCUT2D eigenvalue weighted by molar-refractivity contribution is 0.581. The molecule has 0 aromatic carbocycles. The molecular weight excluding hydrogens is 242 g/mol. The molecule has 0 aliphatic carbocycles. The van der Waals surface area contributed by atoms with Gasteiger partial charge in [0.1, 0.15) is 10.4 Å². The van der Waals surface area contributed by atoms with E-state index in [0.717, 1.165) is 22.5 Å². The van der Waals surface area contributed by atoms with E-state index in [9.17, 15) is 0 Å². The Bertz CT molecular complexity index is 305. The topological polar surface area (TPSA) is 43.8 Å². The molecule has 1 rings (SSSR count). The summed E-state index contributed by atoms with van der Waals surface area (Å²) in [5.41, 5.74) is 6.71. The first-order chi connectivity index (χ1) is 6.56. The normalized spacial score (nSPS) is 11.3. The van der Waals surface area contributed by atoms with E-state index >= 15 is 0 Å². The second kappa shape index (κ2) is 4.94. The number of halogens is 1. The van der Waals surface area contributed by atoms with Crippen LogP contribution in [-0.2, 0) is 20.0 Å². The van der Waals surface area contributed by atoms with Crippen molar-refractivity contribution in [2.75, 3.05) is 0 Å². The Kier molecular flexibility index (Phi) is 4.13. The third-order valence-corrected chi connectivity index (χ3v) is 3.31. The van der Waals surface area contributed by atoms with E-state index in [2.05, 4.69) is 34.8 Å². The average molecular weight is 260 g/mol. The molecule has 0 atom stereocenters. The van der Waals surface area contributed by atoms with Crippen molar-refractivity contribution in [2.45, 2.75) is 33.2 Å². The zero-order valence-electron chi connectivity index (χ0n) is 9.05. The summed E-state index contributed by atoms with van der Waals surface area (Å²) in [5.74, 6) is 1.65. The molecule has 0 unspecified atom stereocenters. The Balaban J connectivity index is 2.77. The maximum Gasteiger partial charge on any atom is 0.123 e. The van der Waals surface area contributed by atoms with Gasteiger partial charge in [-0.2, -0.15) is 0 Å². The molecule has 0 saturated heterocycles. The Morgan fingerprint density at radius 2 is 2.14 bits per heavy atom. The predicted molar refractivity (Wildman–Crippen MR) is 62.0 cm³/mol. The summed E-state index contributed by atoms with van der Waals surface area (Å²) in [5, 5.41) is 0. The van der Waals surface area contributed by atoms with Crippen molar-refractivity contribution in [3.63, 3.8) is 0 Å². The molecule has 0 aliphatic heterocycles. The number of nitrogens with two attached hydrogens (primary N) is 1. The summed E-state index contributed by atoms with van der Waals surface area (Å²) in [6.45, 7) is 4.94. The van der Waals surface area contributed by atoms with Gasteiger partial charge in [0.05, 0.1) is 12.2 Å². The molecular formula is C10H18BrN3. The predicted octanol–water partition coefficient (Wildman–Crippen LogP) is 2.23. The lowest BCUT2D eigenvalue weighted by atomic mass is 10.1. The molecule has 0 aliphatic rings. The van der Waals surface area contributed by atoms with Crippen molar-refractivity contribution in [1.82, 2.24) is 9.55 Å². The van der Waals surface area contributed by atoms with Gasteiger partial charge in [-0.25, -0.2) is 4.98 Å². The van der Waals surface area contributed by atoms with Crippen LogP contribution in [0.5, 0.6) is 0 Å². The Hall–Kier alpha value is -0.350. The third kappa shape index (κ3) is 2.58. The van der Waals surface area contributed by atoms with E-state index in [4.69, 9.17) is 5.73 Å². The van der Waals surface area contributed by atoms with Gasteiger partial charge in [-0.15, -0.1) is 0 Å². The summed E-state index contributed by atoms with van der Waals surface area (Å²) in [4.78, 5) is 4.49. The highest BCUT2D eigenvalue weighted by Gasteiger charge is 2.11. The van der Waals surface area contributed by atoms with Crippen LogP contribution in [0.1, 0.15) is 31.8 Å². The van der Waals surface area contributed by atoms with Gasteiger partial charge in [-0.05, 0) is 34.7 Å². The van der Waals surface area contributed by atoms with Crippen LogP contribution in [0.4, 0.5) is 0 Å². The second-order valence-electron chi connectivity index (χ2n) is 3.96. The summed E-state index contributed by atoms with van der Waals surface area (Å²) in [6.07, 6.45) is 2.19. The van der Waals surface area contributed by atoms with Crippen LogP contribution >= 0.6 is 15.9 Å². The maximum atomic E-state index is 5.58. The number of aromatic nitrogens is 2. The van der Waals surface area contributed by atoms with Gasteiger partial charge in [0.2, 0.25) is 0 Å². The van der Waals surface area contributed by atoms with Gasteiger partial charge in [0.15, 0.2) is 0 Å². The van der Waals surface area contributed by atoms with Crippen LogP contribution in [-0.4, -0.2) is 9.55 Å². The Morgan fingerprint density at radius 1 is 1.50 bits per heavy atom. The van der Waals surface area contributed by atoms with E-state index in [1.165, 1.54) is 6.42 Å². The van der Waals surface area contributed by atoms with E-state index in [0.29, 0.717) is 12.5 Å². The van der Waals surface area contributed by atoms with Gasteiger partial charge in [0, 0.05) is 7.05 Å². The molecule has 0 radical (unpaired) electrons. The number of hydrogen-bond donors (Lipinski definition) is 1. The largest absolute Gasteiger partial charge is 0.325 e. The molecule has 0 saturated carbocycles. The number of aryl methyl sites for hydroxylation is 1. The minimum atomic E-state index is 0.497. The first kappa shape index (κ1) is 11.7. The van der Waals surface area contributed by atoms with Crippen molar-refractivity contribution in [3.8, 4) is 0 Å². The highest BCUT2D eigenvalue weighted by molar-refractivity contribution is 9.10. The molecule has 0 bridgehead atoms. The number of imidazole rings is 1. The van der Waals surface area contributed by atoms with Crippen molar-refractivity contribution in [1.29, 1.82) is 0 Å². The highest BCUT2D eigenvalue weighted by atomic mass is 79.9. The van der Waals surface area contributed by atoms with Crippen molar-refractivity contribution in [3.05, 3.63) is 16.1 Å². The molecule has 80 valence electrons. The molecule has 14 heavy (non-hydrogen) atoms. The molecule has 1 heterocycles. The number of rotatable bonds is 4. The molecule has 2 N–H and O–H groups in total. The van der Waals surface area contributed by atoms with Gasteiger partial charge in [-0.1, -0.05) is 13.8 Å². The van der Waals surface area contributed by atoms with Crippen LogP contribution in [0.25, 0.3) is 0 Å². The molecule has 1 aromatic rings. The fourth-order valence-corrected chi connectivity index (χ4v) is 1.84. The van der Waals surface area contributed by atoms with Gasteiger partial charge in [-0.3, -0.25) is 0 Å². The van der Waals surface area contributed by atoms with Crippen LogP contribution in [0.2, 0.25) is 0 Å². The fourth-order valence-electron chi connectivity index (χ4n) is 1.35. The summed E-state index contributed by atoms with van der Waals surface area (Å²) in [6, 6.07) is 0. The van der Waals surface area contributed by atoms with Crippen molar-refractivity contribution >= 4 is 15.9 Å². The maximum absolute atomic E-state index is 5.58. The summed E-state index contributed by atoms with van der Waals surface area (Å²) in [7, 11) is 1.98. The van der Waals surface area contributed by atoms with Gasteiger partial charge in [0.25, 0.3) is 0 Å². The zero-order valence-corrected chi connectivity index (χ0v) is 10.6. The van der Waals surface area contributed by atoms with Crippen LogP contribution in [0, 0.1) is 5.92 Å². The van der Waals surface area contributed by atoms with E-state index in [-0.39, 0.29) is 0 Å². The number of nitrogens with zero attached hydrogens (tertiary/aromatic N) is 2. The third-order valence-electron chi connectivity index (χ3n) is 2.32. The van der Waals surface area contributed by atoms with Crippen molar-refractivity contribution in [2.24, 2.45) is 18.7 Å². The number of hydrogen-bond acceptors (Lipinski definition) is 2. The fraction of sp³-hybridized carbons (Fsp3) is 0.700. The quantitative estimate of drug-likeness (QED) is 0.902. The van der Waals surface area contributed by atoms with E-state index in [1.807, 2.05) is 11.6 Å². The zero-order chi connectivity index (χ0) is 10.7. The first-order valence-electron chi connectivity index (χ1n) is 4.96. The summed E-state index contributed by atoms with van der Waals surface area (Å²) < 4.78 is 3.08. The molecule has 0 fully saturated rings. The second-order valence-corrected chi connectivity index (χ2v) is 4.71. The summed E-state index contributed by atoms with van der Waals surface area (Å²) >= 11 is 3.54. The SMILES string of the molecule is CC(C)CCc1nc(CN)n(C)c1Br. The van der Waals surface area contributed by atoms with Crippen LogP contribution < -0.4 is 5.73 Å². The monoisotopic (exact) mass is 259 g/mol. The highest BCUT2D eigenvalue weighted by Crippen LogP contribution is 2.20. The Morgan fingerprint density at radius 3 is 2.57 bits per heavy atom. The lowest BCUT2D eigenvalue weighted by Crippen LogP contribution is -2.04. The minimum absolute atomic E-state index is 0.497. The van der Waals surface area contributed by atoms with Gasteiger partial charge >= 0.3 is 0 Å². The first-order valence-corrected chi connectivity index (χ1v) is 5.75. The van der Waals surface area contributed by atoms with E-state index < -0.39 is 0 Å². The van der Waals surface area contributed by atoms with Gasteiger partial charge < -0.3 is 10.3 Å². The molecule has 3 nitrogen and oxygen atoms in total. The lowest BCUT2D eigenvalue weighted by Gasteiger charge is -2.02. The Labute approximate surface area is 93.8 Å². The average Bonchev–Trinajstić information content (AvgIpc) is 2.41. The molecule has 0 spiro atoms. The van der Waals surface area contributed by atoms with Crippen LogP contribution in [0.15, 0.2) is 4.60 Å². The van der Waals surface area contributed by atoms with E-state index in [1.54, 1.807) is 0 Å². The smallest absolute Gasteiger partial charge is 0.123 e. The standard InChI is InChI=1S/C10H18BrN3/c1-7(2)4-5-8-10(11)14(3)9(6-12)13-8/h7H,4-6,12H2,1-3H3. The van der Waals surface area contributed by atoms with Crippen LogP contribution in [0.3, 0.4) is 0 Å². The molecule has 1 aromatic heterocycles. The molecule has 4 heteroatoms. The van der Waals surface area contributed by atoms with Crippen molar-refractivity contribution < 1.29 is 0 Å². The molecule has 0 amide bonds. The minimum Gasteiger partial charge on any atom is -0.325 e.